The van der Waals surface area contributed by atoms with Crippen molar-refractivity contribution in [3.8, 4) is 0 Å². The molecule has 0 aromatic heterocycles. The molecule has 0 atom stereocenters. The Morgan fingerprint density at radius 1 is 1.20 bits per heavy atom. The minimum atomic E-state index is -0.607. The monoisotopic (exact) mass is 274 g/mol. The van der Waals surface area contributed by atoms with Gasteiger partial charge in [0.05, 0.1) is 11.0 Å². The maximum Gasteiger partial charge on any atom is 0.274 e. The van der Waals surface area contributed by atoms with E-state index in [0.29, 0.717) is 12.2 Å². The third kappa shape index (κ3) is 3.32. The molecule has 0 spiro atoms. The Hall–Kier alpha value is -2.43. The van der Waals surface area contributed by atoms with E-state index in [1.807, 2.05) is 31.2 Å². The molecular weight excluding hydrogens is 259 g/mol. The van der Waals surface area contributed by atoms with E-state index in [4.69, 9.17) is 0 Å². The Balaban J connectivity index is 2.22. The molecule has 0 saturated carbocycles. The molecule has 5 heteroatoms. The zero-order valence-corrected chi connectivity index (χ0v) is 11.3. The standard InChI is InChI=1S/C15H15FN2O2/c1-11-3-5-12(6-4-11)10-17(2)14-7-13(16)8-15(9-14)18(19)20/h3-9H,10H2,1-2H3. The molecule has 2 aromatic rings. The van der Waals surface area contributed by atoms with E-state index in [1.54, 1.807) is 11.9 Å². The highest BCUT2D eigenvalue weighted by Gasteiger charge is 2.12. The topological polar surface area (TPSA) is 46.4 Å². The van der Waals surface area contributed by atoms with Crippen LogP contribution >= 0.6 is 0 Å². The Bertz CT molecular complexity index is 626. The van der Waals surface area contributed by atoms with E-state index in [-0.39, 0.29) is 5.69 Å². The summed E-state index contributed by atoms with van der Waals surface area (Å²) in [6, 6.07) is 11.6. The number of non-ortho nitro benzene ring substituents is 1. The minimum absolute atomic E-state index is 0.240. The highest BCUT2D eigenvalue weighted by atomic mass is 19.1. The van der Waals surface area contributed by atoms with Gasteiger partial charge in [0, 0.05) is 25.3 Å². The zero-order valence-electron chi connectivity index (χ0n) is 11.3. The predicted molar refractivity (Wildman–Crippen MR) is 76.3 cm³/mol. The summed E-state index contributed by atoms with van der Waals surface area (Å²) in [5, 5.41) is 10.7. The van der Waals surface area contributed by atoms with Crippen molar-refractivity contribution < 1.29 is 9.31 Å². The molecule has 0 amide bonds. The quantitative estimate of drug-likeness (QED) is 0.631. The molecule has 0 saturated heterocycles. The second-order valence-electron chi connectivity index (χ2n) is 4.77. The highest BCUT2D eigenvalue weighted by Crippen LogP contribution is 2.23. The Morgan fingerprint density at radius 2 is 1.85 bits per heavy atom. The van der Waals surface area contributed by atoms with Crippen molar-refractivity contribution in [2.75, 3.05) is 11.9 Å². The lowest BCUT2D eigenvalue weighted by Gasteiger charge is -2.19. The molecule has 0 N–H and O–H groups in total. The number of benzene rings is 2. The van der Waals surface area contributed by atoms with Crippen LogP contribution in [0.3, 0.4) is 0 Å². The summed E-state index contributed by atoms with van der Waals surface area (Å²) in [5.41, 5.74) is 2.47. The van der Waals surface area contributed by atoms with Crippen LogP contribution in [0.1, 0.15) is 11.1 Å². The molecule has 0 radical (unpaired) electrons. The zero-order chi connectivity index (χ0) is 14.7. The minimum Gasteiger partial charge on any atom is -0.370 e. The van der Waals surface area contributed by atoms with Crippen LogP contribution in [0.4, 0.5) is 15.8 Å². The van der Waals surface area contributed by atoms with Gasteiger partial charge in [-0.3, -0.25) is 10.1 Å². The van der Waals surface area contributed by atoms with Crippen molar-refractivity contribution in [3.63, 3.8) is 0 Å². The molecule has 0 aliphatic heterocycles. The predicted octanol–water partition coefficient (Wildman–Crippen LogP) is 3.68. The summed E-state index contributed by atoms with van der Waals surface area (Å²) < 4.78 is 13.4. The Kier molecular flexibility index (Phi) is 3.98. The highest BCUT2D eigenvalue weighted by molar-refractivity contribution is 5.53. The molecule has 0 aliphatic carbocycles. The maximum absolute atomic E-state index is 13.4. The summed E-state index contributed by atoms with van der Waals surface area (Å²) in [5.74, 6) is -0.607. The molecule has 0 aliphatic rings. The molecule has 4 nitrogen and oxygen atoms in total. The molecule has 0 heterocycles. The van der Waals surface area contributed by atoms with Gasteiger partial charge in [0.1, 0.15) is 5.82 Å². The fraction of sp³-hybridized carbons (Fsp3) is 0.200. The fourth-order valence-corrected chi connectivity index (χ4v) is 1.94. The average molecular weight is 274 g/mol. The van der Waals surface area contributed by atoms with Gasteiger partial charge < -0.3 is 4.90 Å². The van der Waals surface area contributed by atoms with Crippen LogP contribution in [0.15, 0.2) is 42.5 Å². The molecule has 2 rings (SSSR count). The third-order valence-electron chi connectivity index (χ3n) is 3.06. The van der Waals surface area contributed by atoms with Gasteiger partial charge in [0.15, 0.2) is 0 Å². The molecule has 0 fully saturated rings. The lowest BCUT2D eigenvalue weighted by Crippen LogP contribution is -2.16. The van der Waals surface area contributed by atoms with Gasteiger partial charge >= 0.3 is 0 Å². The summed E-state index contributed by atoms with van der Waals surface area (Å²) in [6.07, 6.45) is 0. The van der Waals surface area contributed by atoms with Crippen LogP contribution in [0.5, 0.6) is 0 Å². The van der Waals surface area contributed by atoms with Gasteiger partial charge in [-0.25, -0.2) is 4.39 Å². The molecular formula is C15H15FN2O2. The van der Waals surface area contributed by atoms with Crippen molar-refractivity contribution in [1.29, 1.82) is 0 Å². The van der Waals surface area contributed by atoms with Crippen LogP contribution in [0.2, 0.25) is 0 Å². The Labute approximate surface area is 116 Å². The van der Waals surface area contributed by atoms with Gasteiger partial charge in [-0.05, 0) is 18.6 Å². The first-order valence-electron chi connectivity index (χ1n) is 6.17. The molecule has 104 valence electrons. The number of nitro benzene ring substituents is 1. The van der Waals surface area contributed by atoms with Crippen molar-refractivity contribution in [1.82, 2.24) is 0 Å². The van der Waals surface area contributed by atoms with Gasteiger partial charge in [0.2, 0.25) is 0 Å². The normalized spacial score (nSPS) is 10.3. The largest absolute Gasteiger partial charge is 0.370 e. The number of halogens is 1. The third-order valence-corrected chi connectivity index (χ3v) is 3.06. The van der Waals surface area contributed by atoms with E-state index in [1.165, 1.54) is 12.1 Å². The first kappa shape index (κ1) is 14.0. The number of aryl methyl sites for hydroxylation is 1. The van der Waals surface area contributed by atoms with E-state index >= 15 is 0 Å². The van der Waals surface area contributed by atoms with E-state index < -0.39 is 10.7 Å². The van der Waals surface area contributed by atoms with Crippen molar-refractivity contribution in [2.24, 2.45) is 0 Å². The Morgan fingerprint density at radius 3 is 2.45 bits per heavy atom. The van der Waals surface area contributed by atoms with E-state index in [0.717, 1.165) is 17.2 Å². The van der Waals surface area contributed by atoms with Crippen LogP contribution in [0.25, 0.3) is 0 Å². The first-order valence-corrected chi connectivity index (χ1v) is 6.17. The van der Waals surface area contributed by atoms with Crippen LogP contribution in [0, 0.1) is 22.9 Å². The molecule has 2 aromatic carbocycles. The summed E-state index contributed by atoms with van der Waals surface area (Å²) >= 11 is 0. The summed E-state index contributed by atoms with van der Waals surface area (Å²) in [6.45, 7) is 2.56. The number of nitro groups is 1. The lowest BCUT2D eigenvalue weighted by atomic mass is 10.1. The second-order valence-corrected chi connectivity index (χ2v) is 4.77. The fourth-order valence-electron chi connectivity index (χ4n) is 1.94. The van der Waals surface area contributed by atoms with Crippen molar-refractivity contribution >= 4 is 11.4 Å². The molecule has 0 bridgehead atoms. The first-order chi connectivity index (χ1) is 9.45. The SMILES string of the molecule is Cc1ccc(CN(C)c2cc(F)cc([N+](=O)[O-])c2)cc1. The van der Waals surface area contributed by atoms with Gasteiger partial charge in [-0.15, -0.1) is 0 Å². The summed E-state index contributed by atoms with van der Waals surface area (Å²) in [4.78, 5) is 11.9. The average Bonchev–Trinajstić information content (AvgIpc) is 2.40. The van der Waals surface area contributed by atoms with Crippen LogP contribution in [-0.2, 0) is 6.54 Å². The number of nitrogens with zero attached hydrogens (tertiary/aromatic N) is 2. The van der Waals surface area contributed by atoms with Crippen molar-refractivity contribution in [3.05, 3.63) is 69.5 Å². The molecule has 0 unspecified atom stereocenters. The van der Waals surface area contributed by atoms with Crippen LogP contribution in [-0.4, -0.2) is 12.0 Å². The maximum atomic E-state index is 13.4. The van der Waals surface area contributed by atoms with Gasteiger partial charge in [-0.1, -0.05) is 29.8 Å². The van der Waals surface area contributed by atoms with Gasteiger partial charge in [-0.2, -0.15) is 0 Å². The van der Waals surface area contributed by atoms with Crippen LogP contribution < -0.4 is 4.90 Å². The number of anilines is 1. The summed E-state index contributed by atoms with van der Waals surface area (Å²) in [7, 11) is 1.78. The van der Waals surface area contributed by atoms with Crippen molar-refractivity contribution in [2.45, 2.75) is 13.5 Å². The number of hydrogen-bond acceptors (Lipinski definition) is 3. The number of rotatable bonds is 4. The second kappa shape index (κ2) is 5.69. The van der Waals surface area contributed by atoms with E-state index in [9.17, 15) is 14.5 Å². The van der Waals surface area contributed by atoms with Gasteiger partial charge in [0.25, 0.3) is 5.69 Å². The number of hydrogen-bond donors (Lipinski definition) is 0. The molecule has 20 heavy (non-hydrogen) atoms. The van der Waals surface area contributed by atoms with E-state index in [2.05, 4.69) is 0 Å². The smallest absolute Gasteiger partial charge is 0.274 e. The lowest BCUT2D eigenvalue weighted by molar-refractivity contribution is -0.385.